The van der Waals surface area contributed by atoms with Gasteiger partial charge in [-0.2, -0.15) is 0 Å². The molecule has 1 aromatic carbocycles. The summed E-state index contributed by atoms with van der Waals surface area (Å²) in [4.78, 5) is 4.66. The average Bonchev–Trinajstić information content (AvgIpc) is 3.30. The SMILES string of the molecule is COCCCn1c(SCc2cn3ccccc3n2)nnc1-c1ccccc1Cl. The summed E-state index contributed by atoms with van der Waals surface area (Å²) >= 11 is 8.02. The predicted octanol–water partition coefficient (Wildman–Crippen LogP) is 4.58. The number of thioether (sulfide) groups is 1. The maximum absolute atomic E-state index is 6.39. The minimum atomic E-state index is 0.666. The summed E-state index contributed by atoms with van der Waals surface area (Å²) in [6, 6.07) is 13.7. The van der Waals surface area contributed by atoms with Gasteiger partial charge in [-0.05, 0) is 30.7 Å². The van der Waals surface area contributed by atoms with Crippen LogP contribution in [0, 0.1) is 0 Å². The Hall–Kier alpha value is -2.35. The first-order chi connectivity index (χ1) is 13.8. The molecule has 6 nitrogen and oxygen atoms in total. The number of rotatable bonds is 8. The van der Waals surface area contributed by atoms with Gasteiger partial charge in [-0.25, -0.2) is 4.98 Å². The van der Waals surface area contributed by atoms with E-state index in [4.69, 9.17) is 16.3 Å². The van der Waals surface area contributed by atoms with E-state index in [-0.39, 0.29) is 0 Å². The molecule has 4 aromatic rings. The molecule has 4 rings (SSSR count). The van der Waals surface area contributed by atoms with Crippen LogP contribution in [0.2, 0.25) is 5.02 Å². The van der Waals surface area contributed by atoms with Crippen molar-refractivity contribution in [3.63, 3.8) is 0 Å². The molecule has 144 valence electrons. The van der Waals surface area contributed by atoms with Crippen molar-refractivity contribution in [1.82, 2.24) is 24.1 Å². The van der Waals surface area contributed by atoms with Crippen LogP contribution in [0.3, 0.4) is 0 Å². The predicted molar refractivity (Wildman–Crippen MR) is 112 cm³/mol. The largest absolute Gasteiger partial charge is 0.385 e. The highest BCUT2D eigenvalue weighted by molar-refractivity contribution is 7.98. The molecule has 0 amide bonds. The lowest BCUT2D eigenvalue weighted by molar-refractivity contribution is 0.189. The second kappa shape index (κ2) is 8.77. The van der Waals surface area contributed by atoms with E-state index < -0.39 is 0 Å². The number of aromatic nitrogens is 5. The van der Waals surface area contributed by atoms with E-state index in [2.05, 4.69) is 19.7 Å². The molecule has 0 fully saturated rings. The van der Waals surface area contributed by atoms with Crippen molar-refractivity contribution in [3.8, 4) is 11.4 Å². The van der Waals surface area contributed by atoms with Gasteiger partial charge in [-0.3, -0.25) is 0 Å². The molecule has 3 heterocycles. The van der Waals surface area contributed by atoms with Crippen LogP contribution >= 0.6 is 23.4 Å². The molecule has 0 bridgehead atoms. The molecule has 0 aliphatic heterocycles. The third-order valence-electron chi connectivity index (χ3n) is 4.32. The van der Waals surface area contributed by atoms with E-state index in [1.165, 1.54) is 0 Å². The minimum Gasteiger partial charge on any atom is -0.385 e. The van der Waals surface area contributed by atoms with Gasteiger partial charge in [-0.1, -0.05) is 41.6 Å². The third kappa shape index (κ3) is 4.06. The molecule has 0 saturated heterocycles. The van der Waals surface area contributed by atoms with E-state index in [1.54, 1.807) is 18.9 Å². The summed E-state index contributed by atoms with van der Waals surface area (Å²) in [5.74, 6) is 1.49. The number of methoxy groups -OCH3 is 1. The highest BCUT2D eigenvalue weighted by Gasteiger charge is 2.17. The Morgan fingerprint density at radius 2 is 1.96 bits per heavy atom. The van der Waals surface area contributed by atoms with Crippen LogP contribution in [0.4, 0.5) is 0 Å². The summed E-state index contributed by atoms with van der Waals surface area (Å²) in [5, 5.41) is 10.4. The van der Waals surface area contributed by atoms with Crippen LogP contribution in [-0.4, -0.2) is 37.9 Å². The zero-order valence-corrected chi connectivity index (χ0v) is 17.0. The quantitative estimate of drug-likeness (QED) is 0.312. The minimum absolute atomic E-state index is 0.666. The van der Waals surface area contributed by atoms with Crippen LogP contribution in [0.5, 0.6) is 0 Å². The van der Waals surface area contributed by atoms with E-state index in [0.717, 1.165) is 40.9 Å². The zero-order chi connectivity index (χ0) is 19.3. The molecule has 0 radical (unpaired) electrons. The van der Waals surface area contributed by atoms with Crippen LogP contribution in [0.1, 0.15) is 12.1 Å². The molecule has 0 unspecified atom stereocenters. The number of ether oxygens (including phenoxy) is 1. The Morgan fingerprint density at radius 3 is 2.79 bits per heavy atom. The zero-order valence-electron chi connectivity index (χ0n) is 15.5. The van der Waals surface area contributed by atoms with Crippen molar-refractivity contribution in [1.29, 1.82) is 0 Å². The van der Waals surface area contributed by atoms with E-state index >= 15 is 0 Å². The lowest BCUT2D eigenvalue weighted by atomic mass is 10.2. The van der Waals surface area contributed by atoms with Gasteiger partial charge in [0, 0.05) is 44.0 Å². The molecular weight excluding hydrogens is 394 g/mol. The van der Waals surface area contributed by atoms with Crippen molar-refractivity contribution in [2.45, 2.75) is 23.9 Å². The van der Waals surface area contributed by atoms with Gasteiger partial charge in [0.25, 0.3) is 0 Å². The number of benzene rings is 1. The lowest BCUT2D eigenvalue weighted by Gasteiger charge is -2.10. The Morgan fingerprint density at radius 1 is 1.11 bits per heavy atom. The first kappa shape index (κ1) is 19.0. The smallest absolute Gasteiger partial charge is 0.191 e. The molecule has 0 atom stereocenters. The molecule has 0 aliphatic rings. The number of hydrogen-bond acceptors (Lipinski definition) is 5. The van der Waals surface area contributed by atoms with Crippen LogP contribution in [-0.2, 0) is 17.0 Å². The second-order valence-corrected chi connectivity index (χ2v) is 7.62. The number of hydrogen-bond donors (Lipinski definition) is 0. The Bertz CT molecular complexity index is 1040. The first-order valence-electron chi connectivity index (χ1n) is 8.98. The fourth-order valence-corrected chi connectivity index (χ4v) is 4.07. The van der Waals surface area contributed by atoms with Gasteiger partial charge >= 0.3 is 0 Å². The summed E-state index contributed by atoms with van der Waals surface area (Å²) in [6.07, 6.45) is 4.91. The molecule has 0 N–H and O–H groups in total. The Labute approximate surface area is 172 Å². The number of nitrogens with zero attached hydrogens (tertiary/aromatic N) is 5. The fourth-order valence-electron chi connectivity index (χ4n) is 3.00. The summed E-state index contributed by atoms with van der Waals surface area (Å²) in [5.41, 5.74) is 2.83. The Balaban J connectivity index is 1.59. The molecule has 0 saturated carbocycles. The van der Waals surface area contributed by atoms with Crippen molar-refractivity contribution in [3.05, 3.63) is 65.6 Å². The van der Waals surface area contributed by atoms with Crippen molar-refractivity contribution >= 4 is 29.0 Å². The number of imidazole rings is 1. The molecule has 28 heavy (non-hydrogen) atoms. The molecular formula is C20H20ClN5OS. The van der Waals surface area contributed by atoms with E-state index in [9.17, 15) is 0 Å². The lowest BCUT2D eigenvalue weighted by Crippen LogP contribution is -2.05. The second-order valence-electron chi connectivity index (χ2n) is 6.27. The average molecular weight is 414 g/mol. The van der Waals surface area contributed by atoms with Crippen molar-refractivity contribution < 1.29 is 4.74 Å². The van der Waals surface area contributed by atoms with Crippen molar-refractivity contribution in [2.24, 2.45) is 0 Å². The summed E-state index contributed by atoms with van der Waals surface area (Å²) in [7, 11) is 1.71. The normalized spacial score (nSPS) is 11.4. The van der Waals surface area contributed by atoms with Gasteiger partial charge in [0.15, 0.2) is 11.0 Å². The van der Waals surface area contributed by atoms with Crippen LogP contribution in [0.15, 0.2) is 60.0 Å². The van der Waals surface area contributed by atoms with Crippen LogP contribution in [0.25, 0.3) is 17.0 Å². The fraction of sp³-hybridized carbons (Fsp3) is 0.250. The third-order valence-corrected chi connectivity index (χ3v) is 5.65. The molecule has 8 heteroatoms. The molecule has 3 aromatic heterocycles. The van der Waals surface area contributed by atoms with Gasteiger partial charge in [0.05, 0.1) is 10.7 Å². The van der Waals surface area contributed by atoms with Crippen molar-refractivity contribution in [2.75, 3.05) is 13.7 Å². The number of halogens is 1. The Kier molecular flexibility index (Phi) is 5.95. The van der Waals surface area contributed by atoms with Gasteiger partial charge < -0.3 is 13.7 Å². The number of fused-ring (bicyclic) bond motifs is 1. The molecule has 0 spiro atoms. The highest BCUT2D eigenvalue weighted by Crippen LogP contribution is 2.30. The monoisotopic (exact) mass is 413 g/mol. The van der Waals surface area contributed by atoms with Gasteiger partial charge in [-0.15, -0.1) is 10.2 Å². The standard InChI is InChI=1S/C20H20ClN5OS/c1-27-12-6-11-26-19(16-7-2-3-8-17(16)21)23-24-20(26)28-14-15-13-25-10-5-4-9-18(25)22-15/h2-5,7-10,13H,6,11-12,14H2,1H3. The summed E-state index contributed by atoms with van der Waals surface area (Å²) < 4.78 is 9.35. The maximum Gasteiger partial charge on any atom is 0.191 e. The van der Waals surface area contributed by atoms with Crippen LogP contribution < -0.4 is 0 Å². The van der Waals surface area contributed by atoms with E-state index in [1.807, 2.05) is 59.3 Å². The summed E-state index contributed by atoms with van der Waals surface area (Å²) in [6.45, 7) is 1.44. The highest BCUT2D eigenvalue weighted by atomic mass is 35.5. The number of pyridine rings is 1. The topological polar surface area (TPSA) is 57.2 Å². The molecule has 0 aliphatic carbocycles. The van der Waals surface area contributed by atoms with Gasteiger partial charge in [0.2, 0.25) is 0 Å². The first-order valence-corrected chi connectivity index (χ1v) is 10.3. The van der Waals surface area contributed by atoms with E-state index in [0.29, 0.717) is 17.4 Å². The maximum atomic E-state index is 6.39. The van der Waals surface area contributed by atoms with Gasteiger partial charge in [0.1, 0.15) is 5.65 Å².